The van der Waals surface area contributed by atoms with E-state index in [-0.39, 0.29) is 22.5 Å². The van der Waals surface area contributed by atoms with Crippen LogP contribution in [0.2, 0.25) is 0 Å². The summed E-state index contributed by atoms with van der Waals surface area (Å²) in [7, 11) is 0. The molecule has 0 saturated carbocycles. The summed E-state index contributed by atoms with van der Waals surface area (Å²) in [6.45, 7) is 1.68. The molecule has 2 atom stereocenters. The van der Waals surface area contributed by atoms with Crippen LogP contribution in [0.1, 0.15) is 13.0 Å². The number of thioether (sulfide) groups is 1. The van der Waals surface area contributed by atoms with Gasteiger partial charge in [0.1, 0.15) is 11.9 Å². The molecule has 1 aromatic heterocycles. The van der Waals surface area contributed by atoms with E-state index in [9.17, 15) is 13.2 Å². The number of alkyl halides is 4. The van der Waals surface area contributed by atoms with Gasteiger partial charge in [-0.2, -0.15) is 18.3 Å². The molecular formula is C11H10Cl2F3N3S. The summed E-state index contributed by atoms with van der Waals surface area (Å²) in [6, 6.07) is -0.654. The second-order valence-electron chi connectivity index (χ2n) is 4.35. The standard InChI is InChI=1S/C11H10Cl2F3N3S/c1-10(13)4-2-3-6(12)8(10)19-9(17)7(5-18-19)20-11(14,15)16/h2-5,8H,17H2,1H3. The van der Waals surface area contributed by atoms with Crippen LogP contribution in [-0.4, -0.2) is 20.2 Å². The normalized spacial score (nSPS) is 26.7. The first-order valence-corrected chi connectivity index (χ1v) is 7.01. The largest absolute Gasteiger partial charge is 0.446 e. The number of nitrogens with two attached hydrogens (primary N) is 1. The highest BCUT2D eigenvalue weighted by Gasteiger charge is 2.38. The average molecular weight is 344 g/mol. The Balaban J connectivity index is 2.39. The number of allylic oxidation sites excluding steroid dienone is 4. The summed E-state index contributed by atoms with van der Waals surface area (Å²) in [4.78, 5) is -1.10. The van der Waals surface area contributed by atoms with E-state index >= 15 is 0 Å². The molecule has 2 rings (SSSR count). The van der Waals surface area contributed by atoms with Crippen LogP contribution < -0.4 is 5.73 Å². The van der Waals surface area contributed by atoms with Crippen molar-refractivity contribution >= 4 is 40.8 Å². The van der Waals surface area contributed by atoms with Crippen LogP contribution in [-0.2, 0) is 0 Å². The Hall–Kier alpha value is -0.790. The third-order valence-corrected chi connectivity index (χ3v) is 4.17. The molecule has 0 saturated heterocycles. The molecule has 1 aromatic rings. The second kappa shape index (κ2) is 5.20. The Bertz CT molecular complexity index is 578. The Kier molecular flexibility index (Phi) is 4.05. The molecule has 0 radical (unpaired) electrons. The van der Waals surface area contributed by atoms with Crippen molar-refractivity contribution in [1.82, 2.24) is 9.78 Å². The lowest BCUT2D eigenvalue weighted by atomic mass is 9.96. The fourth-order valence-electron chi connectivity index (χ4n) is 1.90. The van der Waals surface area contributed by atoms with E-state index in [0.717, 1.165) is 6.20 Å². The third-order valence-electron chi connectivity index (χ3n) is 2.74. The first-order valence-electron chi connectivity index (χ1n) is 5.44. The van der Waals surface area contributed by atoms with Gasteiger partial charge in [-0.25, -0.2) is 4.68 Å². The van der Waals surface area contributed by atoms with Crippen molar-refractivity contribution in [3.63, 3.8) is 0 Å². The molecule has 3 nitrogen and oxygen atoms in total. The highest BCUT2D eigenvalue weighted by atomic mass is 35.5. The van der Waals surface area contributed by atoms with Gasteiger partial charge in [0.2, 0.25) is 0 Å². The zero-order chi connectivity index (χ0) is 15.1. The molecule has 1 aliphatic carbocycles. The second-order valence-corrected chi connectivity index (χ2v) is 6.71. The molecule has 0 amide bonds. The van der Waals surface area contributed by atoms with E-state index in [0.29, 0.717) is 5.03 Å². The molecule has 110 valence electrons. The van der Waals surface area contributed by atoms with E-state index in [1.807, 2.05) is 0 Å². The zero-order valence-electron chi connectivity index (χ0n) is 10.2. The monoisotopic (exact) mass is 343 g/mol. The summed E-state index contributed by atoms with van der Waals surface area (Å²) < 4.78 is 38.4. The minimum absolute atomic E-state index is 0.119. The molecule has 2 unspecified atom stereocenters. The van der Waals surface area contributed by atoms with Gasteiger partial charge in [-0.15, -0.1) is 11.6 Å². The van der Waals surface area contributed by atoms with E-state index in [4.69, 9.17) is 28.9 Å². The lowest BCUT2D eigenvalue weighted by Gasteiger charge is -2.32. The van der Waals surface area contributed by atoms with Crippen molar-refractivity contribution < 1.29 is 13.2 Å². The summed E-state index contributed by atoms with van der Waals surface area (Å²) in [5, 5.41) is 4.25. The summed E-state index contributed by atoms with van der Waals surface area (Å²) in [6.07, 6.45) is 6.02. The van der Waals surface area contributed by atoms with Crippen LogP contribution in [0.4, 0.5) is 19.0 Å². The van der Waals surface area contributed by atoms with Crippen molar-refractivity contribution in [3.05, 3.63) is 29.5 Å². The topological polar surface area (TPSA) is 43.8 Å². The van der Waals surface area contributed by atoms with Crippen molar-refractivity contribution in [2.24, 2.45) is 0 Å². The summed E-state index contributed by atoms with van der Waals surface area (Å²) in [5.74, 6) is -0.119. The fraction of sp³-hybridized carbons (Fsp3) is 0.364. The van der Waals surface area contributed by atoms with Crippen LogP contribution in [0.15, 0.2) is 34.4 Å². The van der Waals surface area contributed by atoms with Gasteiger partial charge in [-0.3, -0.25) is 0 Å². The number of rotatable bonds is 2. The van der Waals surface area contributed by atoms with Crippen molar-refractivity contribution in [1.29, 1.82) is 0 Å². The number of halogens is 5. The number of hydrogen-bond acceptors (Lipinski definition) is 3. The van der Waals surface area contributed by atoms with Gasteiger partial charge in [0.25, 0.3) is 0 Å². The third kappa shape index (κ3) is 3.10. The van der Waals surface area contributed by atoms with Crippen molar-refractivity contribution in [2.45, 2.75) is 28.2 Å². The highest BCUT2D eigenvalue weighted by Crippen LogP contribution is 2.45. The van der Waals surface area contributed by atoms with Crippen LogP contribution in [0.5, 0.6) is 0 Å². The predicted octanol–water partition coefficient (Wildman–Crippen LogP) is 4.31. The van der Waals surface area contributed by atoms with Gasteiger partial charge in [0.05, 0.1) is 16.0 Å². The molecule has 0 bridgehead atoms. The predicted molar refractivity (Wildman–Crippen MR) is 74.9 cm³/mol. The minimum atomic E-state index is -4.43. The molecule has 0 aliphatic heterocycles. The summed E-state index contributed by atoms with van der Waals surface area (Å²) >= 11 is 12.1. The number of nitrogens with zero attached hydrogens (tertiary/aromatic N) is 2. The van der Waals surface area contributed by atoms with Crippen LogP contribution >= 0.6 is 35.0 Å². The first-order chi connectivity index (χ1) is 9.12. The lowest BCUT2D eigenvalue weighted by molar-refractivity contribution is -0.0327. The molecule has 2 N–H and O–H groups in total. The smallest absolute Gasteiger partial charge is 0.383 e. The molecule has 1 aliphatic rings. The van der Waals surface area contributed by atoms with Gasteiger partial charge in [-0.05, 0) is 24.8 Å². The Morgan fingerprint density at radius 1 is 1.50 bits per heavy atom. The first kappa shape index (κ1) is 15.6. The number of anilines is 1. The minimum Gasteiger partial charge on any atom is -0.383 e. The molecule has 0 spiro atoms. The van der Waals surface area contributed by atoms with Gasteiger partial charge in [0.15, 0.2) is 0 Å². The van der Waals surface area contributed by atoms with Gasteiger partial charge in [-0.1, -0.05) is 23.8 Å². The van der Waals surface area contributed by atoms with Crippen LogP contribution in [0.25, 0.3) is 0 Å². The van der Waals surface area contributed by atoms with Gasteiger partial charge >= 0.3 is 5.51 Å². The number of aromatic nitrogens is 2. The molecule has 1 heterocycles. The fourth-order valence-corrected chi connectivity index (χ4v) is 3.18. The Labute approximate surface area is 127 Å². The lowest BCUT2D eigenvalue weighted by Crippen LogP contribution is -2.32. The van der Waals surface area contributed by atoms with E-state index < -0.39 is 16.4 Å². The Morgan fingerprint density at radius 2 is 2.15 bits per heavy atom. The maximum absolute atomic E-state index is 12.4. The average Bonchev–Trinajstić information content (AvgIpc) is 2.58. The van der Waals surface area contributed by atoms with Gasteiger partial charge < -0.3 is 5.73 Å². The Morgan fingerprint density at radius 3 is 2.70 bits per heavy atom. The SMILES string of the molecule is CC1(Cl)C=CC=C(Cl)C1n1ncc(SC(F)(F)F)c1N. The molecule has 0 fully saturated rings. The molecular weight excluding hydrogens is 334 g/mol. The van der Waals surface area contributed by atoms with E-state index in [2.05, 4.69) is 5.10 Å². The quantitative estimate of drug-likeness (QED) is 0.642. The number of nitrogen functional groups attached to an aromatic ring is 1. The van der Waals surface area contributed by atoms with Crippen LogP contribution in [0, 0.1) is 0 Å². The maximum Gasteiger partial charge on any atom is 0.446 e. The van der Waals surface area contributed by atoms with Crippen molar-refractivity contribution in [3.8, 4) is 0 Å². The molecule has 20 heavy (non-hydrogen) atoms. The number of hydrogen-bond donors (Lipinski definition) is 1. The van der Waals surface area contributed by atoms with Crippen LogP contribution in [0.3, 0.4) is 0 Å². The highest BCUT2D eigenvalue weighted by molar-refractivity contribution is 8.00. The van der Waals surface area contributed by atoms with E-state index in [1.165, 1.54) is 4.68 Å². The maximum atomic E-state index is 12.4. The van der Waals surface area contributed by atoms with Crippen molar-refractivity contribution in [2.75, 3.05) is 5.73 Å². The summed E-state index contributed by atoms with van der Waals surface area (Å²) in [5.41, 5.74) is 1.30. The van der Waals surface area contributed by atoms with E-state index in [1.54, 1.807) is 25.2 Å². The zero-order valence-corrected chi connectivity index (χ0v) is 12.5. The molecule has 9 heteroatoms. The van der Waals surface area contributed by atoms with Gasteiger partial charge in [0, 0.05) is 5.03 Å². The molecule has 0 aromatic carbocycles.